The summed E-state index contributed by atoms with van der Waals surface area (Å²) in [5, 5.41) is 10.4. The number of carbonyl (C=O) groups excluding carboxylic acids is 1. The maximum absolute atomic E-state index is 13.6. The lowest BCUT2D eigenvalue weighted by Crippen LogP contribution is -2.62. The van der Waals surface area contributed by atoms with Crippen LogP contribution in [-0.2, 0) is 20.7 Å². The van der Waals surface area contributed by atoms with Gasteiger partial charge in [-0.1, -0.05) is 12.1 Å². The van der Waals surface area contributed by atoms with E-state index in [9.17, 15) is 62.3 Å². The average molecular weight is 640 g/mol. The SMILES string of the molecule is CCOC(Cc1ccc(OCCN(CCOC(F)(F)C(F)(F)C(F)(F)C(F)(F)F)C(=O)NCC(F)(F)F)cc1)C(=O)O. The zero-order chi connectivity index (χ0) is 32.6. The number of ether oxygens (including phenoxy) is 3. The summed E-state index contributed by atoms with van der Waals surface area (Å²) in [5.74, 6) is -15.5. The summed E-state index contributed by atoms with van der Waals surface area (Å²) in [7, 11) is 0. The van der Waals surface area contributed by atoms with Crippen LogP contribution in [0, 0.1) is 0 Å². The molecule has 0 bridgehead atoms. The van der Waals surface area contributed by atoms with Crippen LogP contribution >= 0.6 is 0 Å². The van der Waals surface area contributed by atoms with Gasteiger partial charge in [0.2, 0.25) is 0 Å². The molecule has 0 radical (unpaired) electrons. The van der Waals surface area contributed by atoms with Gasteiger partial charge in [0.25, 0.3) is 0 Å². The Morgan fingerprint density at radius 2 is 1.43 bits per heavy atom. The van der Waals surface area contributed by atoms with Crippen molar-refractivity contribution in [2.24, 2.45) is 0 Å². The molecule has 0 spiro atoms. The molecule has 0 saturated heterocycles. The first-order chi connectivity index (χ1) is 19.1. The second-order valence-electron chi connectivity index (χ2n) is 8.25. The number of carbonyl (C=O) groups is 2. The molecule has 20 heteroatoms. The molecule has 2 amide bonds. The van der Waals surface area contributed by atoms with Crippen LogP contribution in [0.1, 0.15) is 12.5 Å². The zero-order valence-corrected chi connectivity index (χ0v) is 21.3. The fourth-order valence-electron chi connectivity index (χ4n) is 2.97. The number of halogens is 12. The first-order valence-electron chi connectivity index (χ1n) is 11.6. The molecule has 0 saturated carbocycles. The number of carboxylic acid groups (broad SMARTS) is 1. The quantitative estimate of drug-likeness (QED) is 0.244. The van der Waals surface area contributed by atoms with Crippen molar-refractivity contribution in [1.82, 2.24) is 10.2 Å². The van der Waals surface area contributed by atoms with Gasteiger partial charge < -0.3 is 29.5 Å². The first kappa shape index (κ1) is 36.9. The molecule has 42 heavy (non-hydrogen) atoms. The molecule has 0 aromatic heterocycles. The Morgan fingerprint density at radius 3 is 1.90 bits per heavy atom. The minimum atomic E-state index is -7.23. The third kappa shape index (κ3) is 10.3. The van der Waals surface area contributed by atoms with Gasteiger partial charge in [-0.15, -0.1) is 0 Å². The van der Waals surface area contributed by atoms with Gasteiger partial charge >= 0.3 is 42.3 Å². The fourth-order valence-corrected chi connectivity index (χ4v) is 2.97. The highest BCUT2D eigenvalue weighted by Crippen LogP contribution is 2.53. The summed E-state index contributed by atoms with van der Waals surface area (Å²) in [6, 6.07) is 3.86. The van der Waals surface area contributed by atoms with E-state index in [0.29, 0.717) is 5.56 Å². The molecule has 8 nitrogen and oxygen atoms in total. The summed E-state index contributed by atoms with van der Waals surface area (Å²) in [5.41, 5.74) is 0.488. The van der Waals surface area contributed by atoms with Crippen molar-refractivity contribution in [3.63, 3.8) is 0 Å². The van der Waals surface area contributed by atoms with Gasteiger partial charge in [-0.05, 0) is 24.6 Å². The predicted octanol–water partition coefficient (Wildman–Crippen LogP) is 5.11. The molecule has 1 unspecified atom stereocenters. The average Bonchev–Trinajstić information content (AvgIpc) is 2.85. The molecular weight excluding hydrogens is 616 g/mol. The maximum Gasteiger partial charge on any atom is 0.460 e. The van der Waals surface area contributed by atoms with E-state index in [1.165, 1.54) is 29.6 Å². The van der Waals surface area contributed by atoms with Crippen molar-refractivity contribution in [1.29, 1.82) is 0 Å². The topological polar surface area (TPSA) is 97.3 Å². The molecular formula is C22H24F12N2O6. The summed E-state index contributed by atoms with van der Waals surface area (Å²) < 4.78 is 167. The highest BCUT2D eigenvalue weighted by atomic mass is 19.4. The molecule has 0 aliphatic carbocycles. The zero-order valence-electron chi connectivity index (χ0n) is 21.3. The van der Waals surface area contributed by atoms with Crippen molar-refractivity contribution < 1.29 is 81.6 Å². The Hall–Kier alpha value is -3.16. The molecule has 0 fully saturated rings. The van der Waals surface area contributed by atoms with Crippen LogP contribution in [0.3, 0.4) is 0 Å². The Kier molecular flexibility index (Phi) is 12.6. The normalized spacial score (nSPS) is 13.9. The van der Waals surface area contributed by atoms with Crippen LogP contribution in [-0.4, -0.2) is 97.9 Å². The Labute approximate surface area is 229 Å². The van der Waals surface area contributed by atoms with Crippen molar-refractivity contribution in [3.05, 3.63) is 29.8 Å². The van der Waals surface area contributed by atoms with E-state index in [-0.39, 0.29) is 23.7 Å². The van der Waals surface area contributed by atoms with E-state index >= 15 is 0 Å². The van der Waals surface area contributed by atoms with Crippen LogP contribution in [0.4, 0.5) is 57.5 Å². The lowest BCUT2D eigenvalue weighted by atomic mass is 10.1. The van der Waals surface area contributed by atoms with Crippen molar-refractivity contribution >= 4 is 12.0 Å². The number of urea groups is 1. The molecule has 1 rings (SSSR count). The van der Waals surface area contributed by atoms with Crippen LogP contribution in [0.25, 0.3) is 0 Å². The number of alkyl halides is 12. The highest BCUT2D eigenvalue weighted by Gasteiger charge is 2.82. The molecule has 1 atom stereocenters. The number of amides is 2. The number of hydrogen-bond donors (Lipinski definition) is 2. The smallest absolute Gasteiger partial charge is 0.460 e. The Balaban J connectivity index is 2.88. The standard InChI is InChI=1S/C22H24F12N2O6/c1-2-40-15(16(37)38)11-13-3-5-14(6-4-13)41-9-7-36(17(39)35-12-18(23,24)25)8-10-42-22(33,34)20(28,29)19(26,27)21(30,31)32/h3-6,15H,2,7-12H2,1H3,(H,35,39)(H,37,38). The first-order valence-corrected chi connectivity index (χ1v) is 11.6. The van der Waals surface area contributed by atoms with Crippen LogP contribution in [0.2, 0.25) is 0 Å². The van der Waals surface area contributed by atoms with Gasteiger partial charge in [-0.25, -0.2) is 9.59 Å². The Morgan fingerprint density at radius 1 is 0.881 bits per heavy atom. The second-order valence-corrected chi connectivity index (χ2v) is 8.25. The second kappa shape index (κ2) is 14.3. The lowest BCUT2D eigenvalue weighted by Gasteiger charge is -2.33. The Bertz CT molecular complexity index is 1020. The third-order valence-corrected chi connectivity index (χ3v) is 5.11. The number of benzene rings is 1. The van der Waals surface area contributed by atoms with Gasteiger partial charge in [-0.2, -0.15) is 52.7 Å². The minimum absolute atomic E-state index is 0.0325. The number of carboxylic acids is 1. The molecule has 0 heterocycles. The third-order valence-electron chi connectivity index (χ3n) is 5.11. The van der Waals surface area contributed by atoms with Gasteiger partial charge in [0, 0.05) is 19.6 Å². The van der Waals surface area contributed by atoms with Crippen molar-refractivity contribution in [2.45, 2.75) is 49.8 Å². The van der Waals surface area contributed by atoms with E-state index in [0.717, 1.165) is 0 Å². The minimum Gasteiger partial charge on any atom is -0.492 e. The number of rotatable bonds is 16. The van der Waals surface area contributed by atoms with Crippen LogP contribution < -0.4 is 10.1 Å². The molecule has 242 valence electrons. The van der Waals surface area contributed by atoms with E-state index < -0.39 is 81.3 Å². The molecule has 2 N–H and O–H groups in total. The molecule has 0 aliphatic heterocycles. The number of nitrogens with one attached hydrogen (secondary N) is 1. The number of hydrogen-bond acceptors (Lipinski definition) is 5. The van der Waals surface area contributed by atoms with E-state index in [2.05, 4.69) is 4.74 Å². The number of aliphatic carboxylic acids is 1. The summed E-state index contributed by atoms with van der Waals surface area (Å²) in [4.78, 5) is 23.5. The number of nitrogens with zero attached hydrogens (tertiary/aromatic N) is 1. The molecule has 1 aromatic carbocycles. The van der Waals surface area contributed by atoms with E-state index in [1.807, 2.05) is 0 Å². The van der Waals surface area contributed by atoms with Gasteiger partial charge in [-0.3, -0.25) is 0 Å². The van der Waals surface area contributed by atoms with Crippen LogP contribution in [0.5, 0.6) is 5.75 Å². The highest BCUT2D eigenvalue weighted by molar-refractivity contribution is 5.74. The molecule has 1 aromatic rings. The summed E-state index contributed by atoms with van der Waals surface area (Å²) >= 11 is 0. The van der Waals surface area contributed by atoms with Crippen molar-refractivity contribution in [3.8, 4) is 5.75 Å². The fraction of sp³-hybridized carbons (Fsp3) is 0.636. The molecule has 0 aliphatic rings. The van der Waals surface area contributed by atoms with Crippen LogP contribution in [0.15, 0.2) is 24.3 Å². The monoisotopic (exact) mass is 640 g/mol. The predicted molar refractivity (Wildman–Crippen MR) is 117 cm³/mol. The van der Waals surface area contributed by atoms with Gasteiger partial charge in [0.05, 0.1) is 13.2 Å². The van der Waals surface area contributed by atoms with E-state index in [1.54, 1.807) is 6.92 Å². The lowest BCUT2D eigenvalue weighted by molar-refractivity contribution is -0.443. The summed E-state index contributed by atoms with van der Waals surface area (Å²) in [6.45, 7) is -4.63. The summed E-state index contributed by atoms with van der Waals surface area (Å²) in [6.07, 6.45) is -19.6. The van der Waals surface area contributed by atoms with Gasteiger partial charge in [0.1, 0.15) is 18.9 Å². The van der Waals surface area contributed by atoms with Gasteiger partial charge in [0.15, 0.2) is 6.10 Å². The van der Waals surface area contributed by atoms with Crippen molar-refractivity contribution in [2.75, 3.05) is 39.5 Å². The maximum atomic E-state index is 13.6. The largest absolute Gasteiger partial charge is 0.492 e. The van der Waals surface area contributed by atoms with E-state index in [4.69, 9.17) is 14.6 Å².